The molecule has 0 saturated heterocycles. The van der Waals surface area contributed by atoms with Gasteiger partial charge in [-0.15, -0.1) is 0 Å². The molecule has 2 aromatic rings. The highest BCUT2D eigenvalue weighted by atomic mass is 16.6. The van der Waals surface area contributed by atoms with Crippen LogP contribution in [0.2, 0.25) is 0 Å². The number of benzene rings is 2. The molecule has 0 bridgehead atoms. The van der Waals surface area contributed by atoms with Gasteiger partial charge in [0.2, 0.25) is 0 Å². The fourth-order valence-corrected chi connectivity index (χ4v) is 7.22. The van der Waals surface area contributed by atoms with Gasteiger partial charge in [-0.3, -0.25) is 19.2 Å². The van der Waals surface area contributed by atoms with Crippen LogP contribution in [0.4, 0.5) is 0 Å². The molecule has 0 atom stereocenters. The summed E-state index contributed by atoms with van der Waals surface area (Å²) in [6, 6.07) is 12.2. The van der Waals surface area contributed by atoms with Gasteiger partial charge in [-0.2, -0.15) is 0 Å². The van der Waals surface area contributed by atoms with Gasteiger partial charge in [0, 0.05) is 16.7 Å². The summed E-state index contributed by atoms with van der Waals surface area (Å²) in [7, 11) is 2.39. The smallest absolute Gasteiger partial charge is 0.333 e. The molecular weight excluding hydrogens is 797 g/mol. The molecule has 0 aliphatic heterocycles. The maximum Gasteiger partial charge on any atom is 0.333 e. The van der Waals surface area contributed by atoms with Crippen LogP contribution in [0, 0.1) is 11.3 Å². The molecule has 0 aromatic heterocycles. The Balaban J connectivity index is 1.98. The molecule has 13 heteroatoms. The van der Waals surface area contributed by atoms with Crippen LogP contribution in [0.1, 0.15) is 127 Å². The number of unbranched alkanes of at least 4 members (excludes halogenated alkanes) is 2. The first-order valence-electron chi connectivity index (χ1n) is 21.6. The minimum atomic E-state index is -1.52. The number of aryl methyl sites for hydroxylation is 1. The maximum absolute atomic E-state index is 12.8. The highest BCUT2D eigenvalue weighted by molar-refractivity contribution is 5.87. The minimum absolute atomic E-state index is 0.0897. The highest BCUT2D eigenvalue weighted by Crippen LogP contribution is 2.40. The van der Waals surface area contributed by atoms with Gasteiger partial charge in [0.1, 0.15) is 44.2 Å². The molecule has 0 heterocycles. The number of methoxy groups -OCH3 is 2. The van der Waals surface area contributed by atoms with Crippen molar-refractivity contribution in [2.24, 2.45) is 11.3 Å². The van der Waals surface area contributed by atoms with E-state index in [1.807, 2.05) is 12.1 Å². The van der Waals surface area contributed by atoms with Crippen molar-refractivity contribution in [1.82, 2.24) is 0 Å². The van der Waals surface area contributed by atoms with Crippen LogP contribution in [-0.4, -0.2) is 76.5 Å². The van der Waals surface area contributed by atoms with Crippen LogP contribution in [0.3, 0.4) is 0 Å². The first-order valence-corrected chi connectivity index (χ1v) is 21.6. The van der Waals surface area contributed by atoms with E-state index in [9.17, 15) is 28.8 Å². The van der Waals surface area contributed by atoms with Crippen LogP contribution >= 0.6 is 0 Å². The van der Waals surface area contributed by atoms with Gasteiger partial charge in [0.15, 0.2) is 0 Å². The summed E-state index contributed by atoms with van der Waals surface area (Å²) in [4.78, 5) is 74.4. The lowest BCUT2D eigenvalue weighted by Crippen LogP contribution is -2.44. The molecule has 1 fully saturated rings. The van der Waals surface area contributed by atoms with Crippen molar-refractivity contribution in [2.45, 2.75) is 124 Å². The molecule has 62 heavy (non-hydrogen) atoms. The number of ether oxygens (including phenoxy) is 7. The SMILES string of the molecule is C=C(C)C(=O)OCc1cc(-c2ccc(C3CCC(CCCCC)CC3)cc2CC)ccc1OCC(COC(=O)CCC(=O)OC)(COC(=O)CCC(=O)OC)COC(=O)C(=C)C. The summed E-state index contributed by atoms with van der Waals surface area (Å²) in [5.41, 5.74) is 3.74. The lowest BCUT2D eigenvalue weighted by atomic mass is 9.76. The van der Waals surface area contributed by atoms with Crippen molar-refractivity contribution in [2.75, 3.05) is 40.6 Å². The van der Waals surface area contributed by atoms with Crippen LogP contribution < -0.4 is 4.74 Å². The Morgan fingerprint density at radius 2 is 1.21 bits per heavy atom. The van der Waals surface area contributed by atoms with Gasteiger partial charge in [-0.1, -0.05) is 77.0 Å². The van der Waals surface area contributed by atoms with Gasteiger partial charge in [0.05, 0.1) is 39.9 Å². The average molecular weight is 863 g/mol. The predicted octanol–water partition coefficient (Wildman–Crippen LogP) is 8.87. The Morgan fingerprint density at radius 3 is 1.76 bits per heavy atom. The van der Waals surface area contributed by atoms with Gasteiger partial charge in [-0.05, 0) is 92.2 Å². The predicted molar refractivity (Wildman–Crippen MR) is 233 cm³/mol. The zero-order chi connectivity index (χ0) is 45.7. The Morgan fingerprint density at radius 1 is 0.645 bits per heavy atom. The summed E-state index contributed by atoms with van der Waals surface area (Å²) in [5, 5.41) is 0. The maximum atomic E-state index is 12.8. The molecule has 0 amide bonds. The summed E-state index contributed by atoms with van der Waals surface area (Å²) < 4.78 is 37.9. The van der Waals surface area contributed by atoms with E-state index in [-0.39, 0.29) is 50.0 Å². The summed E-state index contributed by atoms with van der Waals surface area (Å²) in [6.07, 6.45) is 9.79. The van der Waals surface area contributed by atoms with E-state index in [1.165, 1.54) is 83.6 Å². The Labute approximate surface area is 366 Å². The molecule has 0 spiro atoms. The minimum Gasteiger partial charge on any atom is -0.492 e. The van der Waals surface area contributed by atoms with E-state index >= 15 is 0 Å². The van der Waals surface area contributed by atoms with Gasteiger partial charge in [-0.25, -0.2) is 9.59 Å². The molecule has 3 rings (SSSR count). The standard InChI is InChI=1S/C49H66O13/c1-9-11-12-13-35-14-16-37(17-15-35)38-18-20-41(36(10-2)26-38)39-19-21-42(40(27-39)28-58-47(54)33(3)4)59-29-49(32-62-48(55)34(5)6,30-60-45(52)24-22-43(50)56-7)31-61-46(53)25-23-44(51)57-8/h18-21,26-27,35,37H,3,5,9-17,22-25,28-32H2,1-2,4,6-8H3. The molecule has 0 radical (unpaired) electrons. The quantitative estimate of drug-likeness (QED) is 0.0381. The molecule has 13 nitrogen and oxygen atoms in total. The lowest BCUT2D eigenvalue weighted by molar-refractivity contribution is -0.165. The zero-order valence-corrected chi connectivity index (χ0v) is 37.6. The van der Waals surface area contributed by atoms with Crippen molar-refractivity contribution in [3.05, 3.63) is 77.4 Å². The number of carbonyl (C=O) groups excluding carboxylic acids is 6. The van der Waals surface area contributed by atoms with Gasteiger partial charge >= 0.3 is 35.8 Å². The van der Waals surface area contributed by atoms with Gasteiger partial charge in [0.25, 0.3) is 0 Å². The number of hydrogen-bond donors (Lipinski definition) is 0. The van der Waals surface area contributed by atoms with Crippen molar-refractivity contribution in [3.8, 4) is 16.9 Å². The topological polar surface area (TPSA) is 167 Å². The summed E-state index contributed by atoms with van der Waals surface area (Å²) in [5.74, 6) is -2.50. The van der Waals surface area contributed by atoms with E-state index in [2.05, 4.69) is 54.7 Å². The van der Waals surface area contributed by atoms with Crippen molar-refractivity contribution < 1.29 is 61.9 Å². The Kier molecular flexibility index (Phi) is 21.4. The number of carbonyl (C=O) groups is 6. The van der Waals surface area contributed by atoms with Crippen LogP contribution in [-0.2, 0) is 70.2 Å². The lowest BCUT2D eigenvalue weighted by Gasteiger charge is -2.32. The fraction of sp³-hybridized carbons (Fsp3) is 0.551. The van der Waals surface area contributed by atoms with Crippen molar-refractivity contribution in [3.63, 3.8) is 0 Å². The van der Waals surface area contributed by atoms with E-state index in [4.69, 9.17) is 23.7 Å². The van der Waals surface area contributed by atoms with Crippen LogP contribution in [0.15, 0.2) is 60.7 Å². The highest BCUT2D eigenvalue weighted by Gasteiger charge is 2.38. The van der Waals surface area contributed by atoms with Crippen LogP contribution in [0.25, 0.3) is 11.1 Å². The van der Waals surface area contributed by atoms with E-state index in [0.717, 1.165) is 23.5 Å². The third-order valence-corrected chi connectivity index (χ3v) is 11.1. The molecule has 1 saturated carbocycles. The Bertz CT molecular complexity index is 1830. The molecule has 0 N–H and O–H groups in total. The number of rotatable bonds is 26. The molecular formula is C49H66O13. The molecule has 1 aliphatic rings. The molecule has 1 aliphatic carbocycles. The monoisotopic (exact) mass is 862 g/mol. The normalized spacial score (nSPS) is 14.8. The Hall–Kier alpha value is -5.46. The number of hydrogen-bond acceptors (Lipinski definition) is 13. The van der Waals surface area contributed by atoms with E-state index in [1.54, 1.807) is 13.0 Å². The molecule has 2 aromatic carbocycles. The third-order valence-electron chi connectivity index (χ3n) is 11.1. The second-order valence-corrected chi connectivity index (χ2v) is 16.3. The summed E-state index contributed by atoms with van der Waals surface area (Å²) >= 11 is 0. The van der Waals surface area contributed by atoms with Gasteiger partial charge < -0.3 is 33.2 Å². The molecule has 340 valence electrons. The van der Waals surface area contributed by atoms with E-state index in [0.29, 0.717) is 17.2 Å². The third kappa shape index (κ3) is 16.8. The number of esters is 6. The first-order chi connectivity index (χ1) is 29.6. The van der Waals surface area contributed by atoms with Crippen LogP contribution in [0.5, 0.6) is 5.75 Å². The second kappa shape index (κ2) is 26.1. The second-order valence-electron chi connectivity index (χ2n) is 16.3. The largest absolute Gasteiger partial charge is 0.492 e. The van der Waals surface area contributed by atoms with E-state index < -0.39 is 61.1 Å². The van der Waals surface area contributed by atoms with Crippen molar-refractivity contribution >= 4 is 35.8 Å². The first kappa shape index (κ1) is 50.9. The fourth-order valence-electron chi connectivity index (χ4n) is 7.22. The zero-order valence-electron chi connectivity index (χ0n) is 37.6. The summed E-state index contributed by atoms with van der Waals surface area (Å²) in [6.45, 7) is 12.8. The average Bonchev–Trinajstić information content (AvgIpc) is 3.28. The van der Waals surface area contributed by atoms with Crippen molar-refractivity contribution in [1.29, 1.82) is 0 Å². The molecule has 0 unspecified atom stereocenters.